The maximum atomic E-state index is 13.0. The first kappa shape index (κ1) is 24.2. The number of sulfone groups is 1. The number of carboxylic acids is 1. The van der Waals surface area contributed by atoms with E-state index in [1.165, 1.54) is 6.07 Å². The highest BCUT2D eigenvalue weighted by molar-refractivity contribution is 7.91. The van der Waals surface area contributed by atoms with Crippen molar-refractivity contribution in [2.75, 3.05) is 23.7 Å². The number of benzene rings is 2. The Morgan fingerprint density at radius 2 is 1.57 bits per heavy atom. The van der Waals surface area contributed by atoms with Gasteiger partial charge in [-0.05, 0) is 42.7 Å². The number of anilines is 1. The second kappa shape index (κ2) is 10.8. The summed E-state index contributed by atoms with van der Waals surface area (Å²) in [4.78, 5) is 14.0. The molecule has 5 nitrogen and oxygen atoms in total. The van der Waals surface area contributed by atoms with Gasteiger partial charge in [0.05, 0.1) is 16.2 Å². The van der Waals surface area contributed by atoms with E-state index in [0.717, 1.165) is 38.8 Å². The molecule has 0 spiro atoms. The van der Waals surface area contributed by atoms with Crippen LogP contribution in [-0.4, -0.2) is 38.3 Å². The van der Waals surface area contributed by atoms with Crippen molar-refractivity contribution in [3.05, 3.63) is 47.0 Å². The molecule has 0 amide bonds. The van der Waals surface area contributed by atoms with Crippen molar-refractivity contribution >= 4 is 33.1 Å². The van der Waals surface area contributed by atoms with Crippen LogP contribution in [0.25, 0.3) is 11.1 Å². The second-order valence-corrected chi connectivity index (χ2v) is 9.96. The summed E-state index contributed by atoms with van der Waals surface area (Å²) in [5.41, 5.74) is 1.88. The molecule has 0 aliphatic heterocycles. The number of carbonyl (C=O) groups is 1. The molecule has 0 bridgehead atoms. The molecule has 0 aliphatic rings. The van der Waals surface area contributed by atoms with E-state index in [-0.39, 0.29) is 16.2 Å². The lowest BCUT2D eigenvalue weighted by Gasteiger charge is -2.29. The Bertz CT molecular complexity index is 963. The van der Waals surface area contributed by atoms with Crippen molar-refractivity contribution < 1.29 is 18.3 Å². The third-order valence-corrected chi connectivity index (χ3v) is 7.08. The van der Waals surface area contributed by atoms with Gasteiger partial charge in [0.2, 0.25) is 0 Å². The van der Waals surface area contributed by atoms with Crippen molar-refractivity contribution in [1.29, 1.82) is 0 Å². The topological polar surface area (TPSA) is 74.7 Å². The number of aromatic carboxylic acids is 1. The monoisotopic (exact) mass is 451 g/mol. The Hall–Kier alpha value is -2.05. The van der Waals surface area contributed by atoms with Crippen LogP contribution in [0.3, 0.4) is 0 Å². The summed E-state index contributed by atoms with van der Waals surface area (Å²) in [5.74, 6) is -1.25. The molecule has 0 aliphatic carbocycles. The lowest BCUT2D eigenvalue weighted by Crippen LogP contribution is -2.27. The van der Waals surface area contributed by atoms with Crippen LogP contribution in [0.1, 0.15) is 56.8 Å². The van der Waals surface area contributed by atoms with Gasteiger partial charge in [-0.3, -0.25) is 0 Å². The van der Waals surface area contributed by atoms with Crippen LogP contribution in [0.5, 0.6) is 0 Å². The summed E-state index contributed by atoms with van der Waals surface area (Å²) < 4.78 is 26.0. The number of carboxylic acid groups (broad SMARTS) is 1. The maximum Gasteiger partial charge on any atom is 0.335 e. The third-order valence-electron chi connectivity index (χ3n) is 5.08. The average molecular weight is 452 g/mol. The Balaban J connectivity index is 2.87. The first-order valence-electron chi connectivity index (χ1n) is 10.4. The van der Waals surface area contributed by atoms with E-state index in [1.54, 1.807) is 37.3 Å². The fourth-order valence-corrected chi connectivity index (χ4v) is 4.61. The van der Waals surface area contributed by atoms with Gasteiger partial charge in [-0.1, -0.05) is 57.3 Å². The number of halogens is 1. The molecule has 0 heterocycles. The molecule has 2 rings (SSSR count). The number of nitrogens with zero attached hydrogens (tertiary/aromatic N) is 1. The van der Waals surface area contributed by atoms with Crippen molar-refractivity contribution in [1.82, 2.24) is 0 Å². The SMILES string of the molecule is CCCCN(CCCC)c1cc(C(=O)O)cc(S(=O)(=O)CC)c1-c1ccc(Cl)cc1. The van der Waals surface area contributed by atoms with Crippen molar-refractivity contribution in [3.8, 4) is 11.1 Å². The summed E-state index contributed by atoms with van der Waals surface area (Å²) in [7, 11) is -3.66. The van der Waals surface area contributed by atoms with Crippen LogP contribution in [0.2, 0.25) is 5.02 Å². The molecule has 0 atom stereocenters. The summed E-state index contributed by atoms with van der Waals surface area (Å²) in [6, 6.07) is 9.90. The molecule has 0 radical (unpaired) electrons. The Morgan fingerprint density at radius 3 is 2.03 bits per heavy atom. The fourth-order valence-electron chi connectivity index (χ4n) is 3.33. The lowest BCUT2D eigenvalue weighted by molar-refractivity contribution is 0.0696. The zero-order valence-electron chi connectivity index (χ0n) is 17.8. The normalized spacial score (nSPS) is 11.5. The van der Waals surface area contributed by atoms with Gasteiger partial charge in [-0.2, -0.15) is 0 Å². The molecule has 7 heteroatoms. The highest BCUT2D eigenvalue weighted by atomic mass is 35.5. The smallest absolute Gasteiger partial charge is 0.335 e. The molecule has 30 heavy (non-hydrogen) atoms. The molecule has 0 saturated heterocycles. The van der Waals surface area contributed by atoms with Crippen LogP contribution in [0, 0.1) is 0 Å². The van der Waals surface area contributed by atoms with Crippen molar-refractivity contribution in [2.45, 2.75) is 51.3 Å². The van der Waals surface area contributed by atoms with Crippen LogP contribution in [0.4, 0.5) is 5.69 Å². The van der Waals surface area contributed by atoms with E-state index >= 15 is 0 Å². The predicted octanol–water partition coefficient (Wildman–Crippen LogP) is 5.91. The number of rotatable bonds is 11. The van der Waals surface area contributed by atoms with Gasteiger partial charge >= 0.3 is 5.97 Å². The Kier molecular flexibility index (Phi) is 8.74. The van der Waals surface area contributed by atoms with Gasteiger partial charge in [0, 0.05) is 29.4 Å². The average Bonchev–Trinajstić information content (AvgIpc) is 2.73. The molecule has 2 aromatic rings. The summed E-state index contributed by atoms with van der Waals surface area (Å²) >= 11 is 6.06. The molecular weight excluding hydrogens is 422 g/mol. The quantitative estimate of drug-likeness (QED) is 0.460. The van der Waals surface area contributed by atoms with Crippen LogP contribution < -0.4 is 4.90 Å². The van der Waals surface area contributed by atoms with Crippen molar-refractivity contribution in [3.63, 3.8) is 0 Å². The van der Waals surface area contributed by atoms with E-state index in [1.807, 2.05) is 0 Å². The van der Waals surface area contributed by atoms with E-state index < -0.39 is 15.8 Å². The Labute approximate surface area is 184 Å². The number of hydrogen-bond acceptors (Lipinski definition) is 4. The van der Waals surface area contributed by atoms with Crippen molar-refractivity contribution in [2.24, 2.45) is 0 Å². The minimum Gasteiger partial charge on any atom is -0.478 e. The second-order valence-electron chi connectivity index (χ2n) is 7.28. The van der Waals surface area contributed by atoms with Crippen LogP contribution >= 0.6 is 11.6 Å². The number of hydrogen-bond donors (Lipinski definition) is 1. The lowest BCUT2D eigenvalue weighted by atomic mass is 9.99. The highest BCUT2D eigenvalue weighted by Crippen LogP contribution is 2.39. The number of unbranched alkanes of at least 4 members (excludes halogenated alkanes) is 2. The first-order chi connectivity index (χ1) is 14.2. The van der Waals surface area contributed by atoms with Gasteiger partial charge < -0.3 is 10.0 Å². The van der Waals surface area contributed by atoms with Gasteiger partial charge in [0.15, 0.2) is 9.84 Å². The van der Waals surface area contributed by atoms with Crippen LogP contribution in [0.15, 0.2) is 41.3 Å². The van der Waals surface area contributed by atoms with Gasteiger partial charge in [-0.15, -0.1) is 0 Å². The predicted molar refractivity (Wildman–Crippen MR) is 124 cm³/mol. The van der Waals surface area contributed by atoms with E-state index in [9.17, 15) is 18.3 Å². The zero-order chi connectivity index (χ0) is 22.3. The van der Waals surface area contributed by atoms with Gasteiger partial charge in [0.25, 0.3) is 0 Å². The summed E-state index contributed by atoms with van der Waals surface area (Å²) in [6.07, 6.45) is 3.82. The van der Waals surface area contributed by atoms with Gasteiger partial charge in [-0.25, -0.2) is 13.2 Å². The molecule has 2 aromatic carbocycles. The molecule has 0 saturated carbocycles. The van der Waals surface area contributed by atoms with Gasteiger partial charge in [0.1, 0.15) is 0 Å². The molecule has 0 fully saturated rings. The maximum absolute atomic E-state index is 13.0. The van der Waals surface area contributed by atoms with E-state index in [2.05, 4.69) is 18.7 Å². The first-order valence-corrected chi connectivity index (χ1v) is 12.4. The summed E-state index contributed by atoms with van der Waals surface area (Å²) in [6.45, 7) is 7.22. The molecule has 1 N–H and O–H groups in total. The Morgan fingerprint density at radius 1 is 1.00 bits per heavy atom. The standard InChI is InChI=1S/C23H30ClNO4S/c1-4-7-13-25(14-8-5-2)20-15-18(23(26)27)16-21(30(28,29)6-3)22(20)17-9-11-19(24)12-10-17/h9-12,15-16H,4-8,13-14H2,1-3H3,(H,26,27). The third kappa shape index (κ3) is 5.76. The van der Waals surface area contributed by atoms with Crippen LogP contribution in [-0.2, 0) is 9.84 Å². The molecule has 0 aromatic heterocycles. The minimum atomic E-state index is -3.66. The molecule has 0 unspecified atom stereocenters. The largest absolute Gasteiger partial charge is 0.478 e. The zero-order valence-corrected chi connectivity index (χ0v) is 19.4. The molecular formula is C23H30ClNO4S. The van der Waals surface area contributed by atoms with E-state index in [0.29, 0.717) is 21.8 Å². The summed E-state index contributed by atoms with van der Waals surface area (Å²) in [5, 5.41) is 10.2. The minimum absolute atomic E-state index is 0.0206. The van der Waals surface area contributed by atoms with E-state index in [4.69, 9.17) is 11.6 Å². The fraction of sp³-hybridized carbons (Fsp3) is 0.435. The highest BCUT2D eigenvalue weighted by Gasteiger charge is 2.26. The molecule has 164 valence electrons.